The molecule has 1 fully saturated rings. The fraction of sp³-hybridized carbons (Fsp3) is 0.833. The van der Waals surface area contributed by atoms with Gasteiger partial charge in [0.05, 0.1) is 31.4 Å². The van der Waals surface area contributed by atoms with Crippen LogP contribution in [0.25, 0.3) is 0 Å². The molecule has 1 saturated heterocycles. The summed E-state index contributed by atoms with van der Waals surface area (Å²) in [7, 11) is 0. The van der Waals surface area contributed by atoms with Crippen LogP contribution < -0.4 is 5.32 Å². The van der Waals surface area contributed by atoms with E-state index in [1.165, 1.54) is 4.90 Å². The zero-order valence-electron chi connectivity index (χ0n) is 11.5. The van der Waals surface area contributed by atoms with Gasteiger partial charge in [-0.05, 0) is 20.3 Å². The second-order valence-corrected chi connectivity index (χ2v) is 5.31. The summed E-state index contributed by atoms with van der Waals surface area (Å²) in [4.78, 5) is 24.4. The normalized spacial score (nSPS) is 23.8. The van der Waals surface area contributed by atoms with E-state index in [0.717, 1.165) is 0 Å². The topological polar surface area (TPSA) is 99.1 Å². The molecule has 1 aliphatic rings. The van der Waals surface area contributed by atoms with Crippen molar-refractivity contribution in [1.82, 2.24) is 10.2 Å². The molecule has 7 heteroatoms. The van der Waals surface area contributed by atoms with Gasteiger partial charge in [0.1, 0.15) is 6.04 Å². The summed E-state index contributed by atoms with van der Waals surface area (Å²) in [5, 5.41) is 20.6. The van der Waals surface area contributed by atoms with Gasteiger partial charge in [0.2, 0.25) is 0 Å². The molecule has 1 unspecified atom stereocenters. The highest BCUT2D eigenvalue weighted by atomic mass is 16.5. The molecule has 0 spiro atoms. The van der Waals surface area contributed by atoms with Crippen LogP contribution in [0.3, 0.4) is 0 Å². The molecule has 7 nitrogen and oxygen atoms in total. The predicted molar refractivity (Wildman–Crippen MR) is 67.9 cm³/mol. The second kappa shape index (κ2) is 6.21. The number of carboxylic acids is 1. The molecule has 2 amide bonds. The van der Waals surface area contributed by atoms with Crippen molar-refractivity contribution in [2.75, 3.05) is 19.7 Å². The number of ether oxygens (including phenoxy) is 1. The summed E-state index contributed by atoms with van der Waals surface area (Å²) >= 11 is 0. The van der Waals surface area contributed by atoms with Crippen LogP contribution in [0, 0.1) is 0 Å². The molecule has 1 heterocycles. The average Bonchev–Trinajstić information content (AvgIpc) is 2.33. The summed E-state index contributed by atoms with van der Waals surface area (Å²) in [5.41, 5.74) is -0.562. The number of urea groups is 1. The maximum Gasteiger partial charge on any atom is 0.326 e. The fourth-order valence-electron chi connectivity index (χ4n) is 2.12. The molecule has 0 aromatic rings. The Labute approximate surface area is 112 Å². The Morgan fingerprint density at radius 2 is 2.16 bits per heavy atom. The van der Waals surface area contributed by atoms with Gasteiger partial charge in [-0.25, -0.2) is 9.59 Å². The van der Waals surface area contributed by atoms with Gasteiger partial charge in [-0.1, -0.05) is 6.92 Å². The van der Waals surface area contributed by atoms with Gasteiger partial charge in [-0.3, -0.25) is 0 Å². The van der Waals surface area contributed by atoms with Crippen molar-refractivity contribution in [3.8, 4) is 0 Å². The number of hydrogen-bond donors (Lipinski definition) is 3. The third-order valence-electron chi connectivity index (χ3n) is 2.98. The summed E-state index contributed by atoms with van der Waals surface area (Å²) in [6.45, 7) is 5.77. The van der Waals surface area contributed by atoms with E-state index in [-0.39, 0.29) is 13.2 Å². The number of rotatable bonds is 4. The van der Waals surface area contributed by atoms with Crippen molar-refractivity contribution in [3.63, 3.8) is 0 Å². The first-order chi connectivity index (χ1) is 8.79. The summed E-state index contributed by atoms with van der Waals surface area (Å²) in [6, 6.07) is -1.34. The SMILES string of the molecule is CC[C@H](NC(=O)N1CC(CO)OC(C)(C)C1)C(=O)O. The molecule has 19 heavy (non-hydrogen) atoms. The van der Waals surface area contributed by atoms with Crippen LogP contribution in [-0.4, -0.2) is 64.6 Å². The van der Waals surface area contributed by atoms with Crippen LogP contribution in [-0.2, 0) is 9.53 Å². The third kappa shape index (κ3) is 4.36. The molecule has 110 valence electrons. The van der Waals surface area contributed by atoms with Crippen molar-refractivity contribution in [2.24, 2.45) is 0 Å². The summed E-state index contributed by atoms with van der Waals surface area (Å²) in [5.74, 6) is -1.05. The van der Waals surface area contributed by atoms with Crippen molar-refractivity contribution < 1.29 is 24.5 Å². The molecule has 3 N–H and O–H groups in total. The maximum absolute atomic E-state index is 12.0. The number of aliphatic hydroxyl groups excluding tert-OH is 1. The standard InChI is InChI=1S/C12H22N2O5/c1-4-9(10(16)17)13-11(18)14-5-8(6-15)19-12(2,3)7-14/h8-9,15H,4-7H2,1-3H3,(H,13,18)(H,16,17)/t8?,9-/m0/s1. The Bertz CT molecular complexity index is 345. The molecule has 0 aliphatic carbocycles. The van der Waals surface area contributed by atoms with E-state index in [0.29, 0.717) is 13.0 Å². The van der Waals surface area contributed by atoms with Crippen LogP contribution in [0.2, 0.25) is 0 Å². The number of nitrogens with zero attached hydrogens (tertiary/aromatic N) is 1. The fourth-order valence-corrected chi connectivity index (χ4v) is 2.12. The molecule has 0 bridgehead atoms. The second-order valence-electron chi connectivity index (χ2n) is 5.31. The lowest BCUT2D eigenvalue weighted by molar-refractivity contribution is -0.141. The zero-order valence-corrected chi connectivity index (χ0v) is 11.5. The molecule has 1 aliphatic heterocycles. The third-order valence-corrected chi connectivity index (χ3v) is 2.98. The van der Waals surface area contributed by atoms with E-state index in [2.05, 4.69) is 5.32 Å². The number of hydrogen-bond acceptors (Lipinski definition) is 4. The lowest BCUT2D eigenvalue weighted by Gasteiger charge is -2.42. The molecular formula is C12H22N2O5. The lowest BCUT2D eigenvalue weighted by Crippen LogP contribution is -2.59. The van der Waals surface area contributed by atoms with Crippen LogP contribution >= 0.6 is 0 Å². The van der Waals surface area contributed by atoms with Gasteiger partial charge >= 0.3 is 12.0 Å². The minimum Gasteiger partial charge on any atom is -0.480 e. The van der Waals surface area contributed by atoms with E-state index >= 15 is 0 Å². The first-order valence-corrected chi connectivity index (χ1v) is 6.36. The van der Waals surface area contributed by atoms with Gasteiger partial charge < -0.3 is 25.2 Å². The molecule has 0 aromatic carbocycles. The molecule has 0 saturated carbocycles. The predicted octanol–water partition coefficient (Wildman–Crippen LogP) is 0.0309. The Kier molecular flexibility index (Phi) is 5.13. The quantitative estimate of drug-likeness (QED) is 0.672. The maximum atomic E-state index is 12.0. The molecular weight excluding hydrogens is 252 g/mol. The van der Waals surface area contributed by atoms with Crippen molar-refractivity contribution >= 4 is 12.0 Å². The minimum absolute atomic E-state index is 0.177. The number of nitrogens with one attached hydrogen (secondary N) is 1. The van der Waals surface area contributed by atoms with E-state index in [4.69, 9.17) is 14.9 Å². The number of amides is 2. The minimum atomic E-state index is -1.05. The molecule has 0 radical (unpaired) electrons. The van der Waals surface area contributed by atoms with E-state index in [1.54, 1.807) is 6.92 Å². The van der Waals surface area contributed by atoms with Gasteiger partial charge in [-0.15, -0.1) is 0 Å². The van der Waals surface area contributed by atoms with Crippen LogP contribution in [0.1, 0.15) is 27.2 Å². The Morgan fingerprint density at radius 3 is 2.63 bits per heavy atom. The largest absolute Gasteiger partial charge is 0.480 e. The van der Waals surface area contributed by atoms with E-state index in [9.17, 15) is 9.59 Å². The van der Waals surface area contributed by atoms with Crippen LogP contribution in [0.4, 0.5) is 4.79 Å². The average molecular weight is 274 g/mol. The highest BCUT2D eigenvalue weighted by molar-refractivity contribution is 5.82. The van der Waals surface area contributed by atoms with Gasteiger partial charge in [0.15, 0.2) is 0 Å². The lowest BCUT2D eigenvalue weighted by atomic mass is 10.1. The van der Waals surface area contributed by atoms with Gasteiger partial charge in [-0.2, -0.15) is 0 Å². The zero-order chi connectivity index (χ0) is 14.6. The molecule has 2 atom stereocenters. The van der Waals surface area contributed by atoms with Crippen molar-refractivity contribution in [2.45, 2.75) is 44.9 Å². The number of aliphatic hydroxyl groups is 1. The van der Waals surface area contributed by atoms with Gasteiger partial charge in [0, 0.05) is 0 Å². The number of aliphatic carboxylic acids is 1. The molecule has 0 aromatic heterocycles. The number of carbonyl (C=O) groups excluding carboxylic acids is 1. The van der Waals surface area contributed by atoms with Crippen molar-refractivity contribution in [3.05, 3.63) is 0 Å². The number of carboxylic acid groups (broad SMARTS) is 1. The Hall–Kier alpha value is -1.34. The summed E-state index contributed by atoms with van der Waals surface area (Å²) < 4.78 is 5.59. The molecule has 1 rings (SSSR count). The first-order valence-electron chi connectivity index (χ1n) is 6.36. The van der Waals surface area contributed by atoms with E-state index < -0.39 is 29.7 Å². The van der Waals surface area contributed by atoms with E-state index in [1.807, 2.05) is 13.8 Å². The highest BCUT2D eigenvalue weighted by Crippen LogP contribution is 2.20. The highest BCUT2D eigenvalue weighted by Gasteiger charge is 2.36. The van der Waals surface area contributed by atoms with Crippen LogP contribution in [0.15, 0.2) is 0 Å². The first kappa shape index (κ1) is 15.7. The Balaban J connectivity index is 2.67. The van der Waals surface area contributed by atoms with Crippen molar-refractivity contribution in [1.29, 1.82) is 0 Å². The monoisotopic (exact) mass is 274 g/mol. The Morgan fingerprint density at radius 1 is 1.53 bits per heavy atom. The van der Waals surface area contributed by atoms with Crippen LogP contribution in [0.5, 0.6) is 0 Å². The number of carbonyl (C=O) groups is 2. The smallest absolute Gasteiger partial charge is 0.326 e. The number of morpholine rings is 1. The van der Waals surface area contributed by atoms with Gasteiger partial charge in [0.25, 0.3) is 0 Å². The summed E-state index contributed by atoms with van der Waals surface area (Å²) in [6.07, 6.45) is -0.127.